The molecule has 3 nitrogen and oxygen atoms in total. The van der Waals surface area contributed by atoms with Crippen molar-refractivity contribution in [3.05, 3.63) is 39.9 Å². The first-order valence-electron chi connectivity index (χ1n) is 4.01. The van der Waals surface area contributed by atoms with E-state index in [1.54, 1.807) is 25.3 Å². The molecule has 0 aliphatic heterocycles. The van der Waals surface area contributed by atoms with Crippen LogP contribution in [0.15, 0.2) is 23.8 Å². The van der Waals surface area contributed by atoms with Gasteiger partial charge in [0.25, 0.3) is 5.56 Å². The molecule has 1 heterocycles. The predicted molar refractivity (Wildman–Crippen MR) is 53.5 cm³/mol. The highest BCUT2D eigenvalue weighted by molar-refractivity contribution is 5.35. The molecule has 0 amide bonds. The maximum atomic E-state index is 11.6. The van der Waals surface area contributed by atoms with Crippen LogP contribution in [0.3, 0.4) is 0 Å². The van der Waals surface area contributed by atoms with Crippen LogP contribution in [0.5, 0.6) is 0 Å². The Bertz CT molecular complexity index is 483. The van der Waals surface area contributed by atoms with Crippen LogP contribution in [-0.4, -0.2) is 9.55 Å². The number of hydrogen-bond donors (Lipinski definition) is 0. The average molecular weight is 176 g/mol. The highest BCUT2D eigenvalue weighted by Gasteiger charge is 1.93. The molecule has 0 saturated heterocycles. The lowest BCUT2D eigenvalue weighted by atomic mass is 10.3. The van der Waals surface area contributed by atoms with Crippen molar-refractivity contribution in [1.82, 2.24) is 9.55 Å². The van der Waals surface area contributed by atoms with Crippen molar-refractivity contribution in [2.24, 2.45) is 7.05 Å². The van der Waals surface area contributed by atoms with Gasteiger partial charge in [0, 0.05) is 7.05 Å². The molecular formula is C10H12N2O. The summed E-state index contributed by atoms with van der Waals surface area (Å²) in [6, 6.07) is 0. The maximum absolute atomic E-state index is 11.6. The van der Waals surface area contributed by atoms with Gasteiger partial charge in [-0.1, -0.05) is 18.7 Å². The molecule has 0 radical (unpaired) electrons. The number of hydrogen-bond acceptors (Lipinski definition) is 2. The van der Waals surface area contributed by atoms with Gasteiger partial charge in [-0.25, -0.2) is 4.98 Å². The first-order valence-corrected chi connectivity index (χ1v) is 4.01. The molecule has 0 atom stereocenters. The van der Waals surface area contributed by atoms with Gasteiger partial charge in [-0.3, -0.25) is 4.79 Å². The summed E-state index contributed by atoms with van der Waals surface area (Å²) < 4.78 is 1.45. The molecule has 0 saturated carbocycles. The summed E-state index contributed by atoms with van der Waals surface area (Å²) in [6.45, 7) is 5.41. The third-order valence-corrected chi connectivity index (χ3v) is 1.75. The van der Waals surface area contributed by atoms with Crippen LogP contribution in [0.25, 0.3) is 12.2 Å². The summed E-state index contributed by atoms with van der Waals surface area (Å²) in [6.07, 6.45) is 6.57. The molecule has 0 aliphatic rings. The van der Waals surface area contributed by atoms with E-state index < -0.39 is 0 Å². The van der Waals surface area contributed by atoms with Gasteiger partial charge >= 0.3 is 0 Å². The lowest BCUT2D eigenvalue weighted by Crippen LogP contribution is -2.45. The van der Waals surface area contributed by atoms with E-state index in [9.17, 15) is 4.79 Å². The van der Waals surface area contributed by atoms with Crippen molar-refractivity contribution in [2.45, 2.75) is 6.92 Å². The molecule has 1 aromatic heterocycles. The average Bonchev–Trinajstić information content (AvgIpc) is 2.14. The minimum absolute atomic E-state index is 0.0528. The van der Waals surface area contributed by atoms with Crippen LogP contribution in [0.1, 0.15) is 6.92 Å². The number of allylic oxidation sites excluding steroid dienone is 1. The molecule has 68 valence electrons. The van der Waals surface area contributed by atoms with Gasteiger partial charge < -0.3 is 4.57 Å². The number of aromatic nitrogens is 2. The van der Waals surface area contributed by atoms with E-state index in [1.807, 2.05) is 6.92 Å². The first kappa shape index (κ1) is 9.45. The molecule has 1 rings (SSSR count). The molecule has 0 aliphatic carbocycles. The van der Waals surface area contributed by atoms with Crippen LogP contribution >= 0.6 is 0 Å². The van der Waals surface area contributed by atoms with Crippen LogP contribution in [-0.2, 0) is 7.05 Å². The minimum Gasteiger partial charge on any atom is -0.302 e. The Morgan fingerprint density at radius 3 is 2.85 bits per heavy atom. The van der Waals surface area contributed by atoms with Gasteiger partial charge in [0.2, 0.25) is 0 Å². The number of aryl methyl sites for hydroxylation is 1. The molecule has 1 aromatic rings. The summed E-state index contributed by atoms with van der Waals surface area (Å²) in [4.78, 5) is 15.7. The van der Waals surface area contributed by atoms with E-state index in [0.29, 0.717) is 10.6 Å². The SMILES string of the molecule is C=C/C=c1/c(=O)n(C)cn/c1=C/C. The van der Waals surface area contributed by atoms with Crippen molar-refractivity contribution in [3.63, 3.8) is 0 Å². The molecule has 13 heavy (non-hydrogen) atoms. The second kappa shape index (κ2) is 3.85. The zero-order valence-corrected chi connectivity index (χ0v) is 7.82. The number of nitrogens with zero attached hydrogens (tertiary/aromatic N) is 2. The second-order valence-corrected chi connectivity index (χ2v) is 2.65. The standard InChI is InChI=1S/C10H12N2O/c1-4-6-8-9(5-2)11-7-12(3)10(8)13/h4-7H,1H2,2-3H3/b8-6+,9-5+. The van der Waals surface area contributed by atoms with E-state index in [4.69, 9.17) is 0 Å². The Labute approximate surface area is 76.4 Å². The monoisotopic (exact) mass is 176 g/mol. The highest BCUT2D eigenvalue weighted by Crippen LogP contribution is 1.63. The second-order valence-electron chi connectivity index (χ2n) is 2.65. The minimum atomic E-state index is -0.0528. The first-order chi connectivity index (χ1) is 6.20. The summed E-state index contributed by atoms with van der Waals surface area (Å²) in [5, 5.41) is 1.28. The smallest absolute Gasteiger partial charge is 0.260 e. The Morgan fingerprint density at radius 2 is 2.31 bits per heavy atom. The third-order valence-electron chi connectivity index (χ3n) is 1.75. The molecular weight excluding hydrogens is 164 g/mol. The van der Waals surface area contributed by atoms with Crippen LogP contribution < -0.4 is 16.1 Å². The summed E-state index contributed by atoms with van der Waals surface area (Å²) in [7, 11) is 1.68. The molecule has 0 N–H and O–H groups in total. The van der Waals surface area contributed by atoms with E-state index in [2.05, 4.69) is 11.6 Å². The highest BCUT2D eigenvalue weighted by atomic mass is 16.1. The molecule has 0 unspecified atom stereocenters. The molecule has 0 spiro atoms. The van der Waals surface area contributed by atoms with Crippen LogP contribution in [0.2, 0.25) is 0 Å². The van der Waals surface area contributed by atoms with Crippen LogP contribution in [0.4, 0.5) is 0 Å². The Hall–Kier alpha value is -1.64. The van der Waals surface area contributed by atoms with Crippen LogP contribution in [0, 0.1) is 0 Å². The normalized spacial score (nSPS) is 13.4. The van der Waals surface area contributed by atoms with Crippen molar-refractivity contribution < 1.29 is 0 Å². The third kappa shape index (κ3) is 1.75. The summed E-state index contributed by atoms with van der Waals surface area (Å²) in [5.74, 6) is 0. The van der Waals surface area contributed by atoms with Gasteiger partial charge in [0.15, 0.2) is 0 Å². The van der Waals surface area contributed by atoms with Gasteiger partial charge in [0.1, 0.15) is 0 Å². The van der Waals surface area contributed by atoms with E-state index >= 15 is 0 Å². The topological polar surface area (TPSA) is 34.9 Å². The van der Waals surface area contributed by atoms with Gasteiger partial charge in [-0.2, -0.15) is 0 Å². The Kier molecular flexibility index (Phi) is 2.80. The fraction of sp³-hybridized carbons (Fsp3) is 0.200. The fourth-order valence-corrected chi connectivity index (χ4v) is 1.07. The Balaban J connectivity index is 3.83. The van der Waals surface area contributed by atoms with E-state index in [-0.39, 0.29) is 5.56 Å². The van der Waals surface area contributed by atoms with Gasteiger partial charge in [-0.05, 0) is 13.0 Å². The van der Waals surface area contributed by atoms with Crippen molar-refractivity contribution in [2.75, 3.05) is 0 Å². The number of rotatable bonds is 1. The largest absolute Gasteiger partial charge is 0.302 e. The lowest BCUT2D eigenvalue weighted by molar-refractivity contribution is 0.804. The molecule has 0 fully saturated rings. The van der Waals surface area contributed by atoms with Gasteiger partial charge in [0.05, 0.1) is 16.9 Å². The van der Waals surface area contributed by atoms with Crippen molar-refractivity contribution in [1.29, 1.82) is 0 Å². The molecule has 0 bridgehead atoms. The predicted octanol–water partition coefficient (Wildman–Crippen LogP) is -0.453. The molecule has 3 heteroatoms. The van der Waals surface area contributed by atoms with E-state index in [0.717, 1.165) is 0 Å². The zero-order valence-electron chi connectivity index (χ0n) is 7.82. The van der Waals surface area contributed by atoms with Crippen molar-refractivity contribution in [3.8, 4) is 0 Å². The summed E-state index contributed by atoms with van der Waals surface area (Å²) in [5.41, 5.74) is -0.0528. The van der Waals surface area contributed by atoms with E-state index in [1.165, 1.54) is 10.9 Å². The maximum Gasteiger partial charge on any atom is 0.260 e. The lowest BCUT2D eigenvalue weighted by Gasteiger charge is -1.94. The Morgan fingerprint density at radius 1 is 1.62 bits per heavy atom. The quantitative estimate of drug-likeness (QED) is 0.580. The van der Waals surface area contributed by atoms with Crippen molar-refractivity contribution >= 4 is 12.2 Å². The molecule has 0 aromatic carbocycles. The zero-order chi connectivity index (χ0) is 9.84. The summed E-state index contributed by atoms with van der Waals surface area (Å²) >= 11 is 0. The van der Waals surface area contributed by atoms with Gasteiger partial charge in [-0.15, -0.1) is 0 Å². The fourth-order valence-electron chi connectivity index (χ4n) is 1.07.